The van der Waals surface area contributed by atoms with Crippen LogP contribution in [0.3, 0.4) is 0 Å². The van der Waals surface area contributed by atoms with E-state index in [1.807, 2.05) is 24.1 Å². The summed E-state index contributed by atoms with van der Waals surface area (Å²) in [5.41, 5.74) is 3.43. The number of carbonyl (C=O) groups is 1. The zero-order valence-corrected chi connectivity index (χ0v) is 20.0. The number of carbonyl (C=O) groups excluding carboxylic acids is 1. The maximum absolute atomic E-state index is 12.2. The molecule has 0 saturated heterocycles. The summed E-state index contributed by atoms with van der Waals surface area (Å²) < 4.78 is 22.5. The highest BCUT2D eigenvalue weighted by Gasteiger charge is 2.26. The van der Waals surface area contributed by atoms with Crippen LogP contribution in [0.25, 0.3) is 0 Å². The normalized spacial score (nSPS) is 19.1. The van der Waals surface area contributed by atoms with Gasteiger partial charge in [-0.25, -0.2) is 9.79 Å². The van der Waals surface area contributed by atoms with Crippen LogP contribution in [-0.4, -0.2) is 45.2 Å². The van der Waals surface area contributed by atoms with Gasteiger partial charge in [0.05, 0.1) is 26.2 Å². The second kappa shape index (κ2) is 10.5. The molecule has 2 aromatic carbocycles. The van der Waals surface area contributed by atoms with E-state index in [4.69, 9.17) is 18.9 Å². The molecule has 1 aliphatic heterocycles. The van der Waals surface area contributed by atoms with Crippen molar-refractivity contribution in [3.63, 3.8) is 0 Å². The first kappa shape index (κ1) is 23.5. The van der Waals surface area contributed by atoms with Gasteiger partial charge in [0.2, 0.25) is 6.23 Å². The fraction of sp³-hybridized carbons (Fsp3) is 0.385. The van der Waals surface area contributed by atoms with Gasteiger partial charge in [0.25, 0.3) is 0 Å². The molecule has 2 unspecified atom stereocenters. The second-order valence-corrected chi connectivity index (χ2v) is 8.61. The van der Waals surface area contributed by atoms with Crippen LogP contribution in [0.4, 0.5) is 16.2 Å². The second-order valence-electron chi connectivity index (χ2n) is 8.61. The van der Waals surface area contributed by atoms with E-state index in [2.05, 4.69) is 23.3 Å². The number of nitrogens with zero attached hydrogens (tertiary/aromatic N) is 2. The lowest BCUT2D eigenvalue weighted by atomic mass is 9.91. The van der Waals surface area contributed by atoms with Crippen molar-refractivity contribution in [3.05, 3.63) is 53.6 Å². The van der Waals surface area contributed by atoms with Crippen LogP contribution in [0.5, 0.6) is 17.2 Å². The minimum atomic E-state index is -0.466. The van der Waals surface area contributed by atoms with Gasteiger partial charge in [0.1, 0.15) is 12.4 Å². The lowest BCUT2D eigenvalue weighted by molar-refractivity contribution is 0.0965. The van der Waals surface area contributed by atoms with Gasteiger partial charge < -0.3 is 23.8 Å². The van der Waals surface area contributed by atoms with E-state index >= 15 is 0 Å². The Morgan fingerprint density at radius 2 is 1.88 bits per heavy atom. The standard InChI is InChI=1S/C26H31N3O5/c1-17-5-7-18(8-6-17)15-33-26(30)28-19-9-11-20(12-10-19)34-25-21-13-23(31-3)24(32-4)14-22(21)27-16-29(25)2/h7,9-14,16-17,25H,5-6,8,15H2,1-4H3,(H,28,30). The number of anilines is 1. The molecule has 2 aliphatic rings. The fourth-order valence-electron chi connectivity index (χ4n) is 3.98. The molecule has 0 saturated carbocycles. The van der Waals surface area contributed by atoms with Crippen molar-refractivity contribution in [3.8, 4) is 17.2 Å². The summed E-state index contributed by atoms with van der Waals surface area (Å²) in [7, 11) is 5.08. The minimum absolute atomic E-state index is 0.336. The number of hydrogen-bond donors (Lipinski definition) is 1. The van der Waals surface area contributed by atoms with E-state index in [-0.39, 0.29) is 0 Å². The Bertz CT molecular complexity index is 1080. The lowest BCUT2D eigenvalue weighted by Crippen LogP contribution is -2.30. The van der Waals surface area contributed by atoms with Crippen LogP contribution in [0.15, 0.2) is 53.0 Å². The Balaban J connectivity index is 1.38. The van der Waals surface area contributed by atoms with E-state index in [0.717, 1.165) is 30.5 Å². The first-order valence-corrected chi connectivity index (χ1v) is 11.4. The molecule has 1 amide bonds. The minimum Gasteiger partial charge on any atom is -0.493 e. The predicted octanol–water partition coefficient (Wildman–Crippen LogP) is 5.68. The van der Waals surface area contributed by atoms with Crippen molar-refractivity contribution >= 4 is 23.8 Å². The van der Waals surface area contributed by atoms with Crippen molar-refractivity contribution < 1.29 is 23.7 Å². The average Bonchev–Trinajstić information content (AvgIpc) is 2.85. The van der Waals surface area contributed by atoms with Crippen LogP contribution in [-0.2, 0) is 4.74 Å². The summed E-state index contributed by atoms with van der Waals surface area (Å²) in [6.45, 7) is 2.57. The first-order chi connectivity index (χ1) is 16.5. The highest BCUT2D eigenvalue weighted by Crippen LogP contribution is 2.41. The quantitative estimate of drug-likeness (QED) is 0.530. The van der Waals surface area contributed by atoms with Crippen molar-refractivity contribution in [2.75, 3.05) is 33.2 Å². The molecule has 1 aliphatic carbocycles. The van der Waals surface area contributed by atoms with Crippen molar-refractivity contribution in [2.45, 2.75) is 32.4 Å². The topological polar surface area (TPSA) is 81.6 Å². The third-order valence-corrected chi connectivity index (χ3v) is 6.05. The number of aliphatic imine (C=N–C) groups is 1. The third kappa shape index (κ3) is 5.44. The molecule has 180 valence electrons. The number of ether oxygens (including phenoxy) is 4. The van der Waals surface area contributed by atoms with Gasteiger partial charge in [-0.1, -0.05) is 13.0 Å². The first-order valence-electron chi connectivity index (χ1n) is 11.4. The maximum atomic E-state index is 12.2. The zero-order valence-electron chi connectivity index (χ0n) is 20.0. The van der Waals surface area contributed by atoms with Crippen molar-refractivity contribution in [2.24, 2.45) is 10.9 Å². The SMILES string of the molecule is COc1cc2c(cc1OC)C(Oc1ccc(NC(=O)OCC3=CCC(C)CC3)cc1)N(C)C=N2. The fourth-order valence-corrected chi connectivity index (χ4v) is 3.98. The summed E-state index contributed by atoms with van der Waals surface area (Å²) in [4.78, 5) is 18.5. The van der Waals surface area contributed by atoms with E-state index < -0.39 is 12.3 Å². The van der Waals surface area contributed by atoms with Gasteiger partial charge in [0.15, 0.2) is 11.5 Å². The summed E-state index contributed by atoms with van der Waals surface area (Å²) in [5, 5.41) is 2.77. The van der Waals surface area contributed by atoms with E-state index in [1.165, 1.54) is 5.57 Å². The highest BCUT2D eigenvalue weighted by molar-refractivity contribution is 5.84. The zero-order chi connectivity index (χ0) is 24.1. The Hall–Kier alpha value is -3.68. The largest absolute Gasteiger partial charge is 0.493 e. The lowest BCUT2D eigenvalue weighted by Gasteiger charge is -2.31. The molecule has 1 N–H and O–H groups in total. The molecule has 0 fully saturated rings. The number of methoxy groups -OCH3 is 2. The number of nitrogens with one attached hydrogen (secondary N) is 1. The molecule has 8 heteroatoms. The Morgan fingerprint density at radius 3 is 2.56 bits per heavy atom. The summed E-state index contributed by atoms with van der Waals surface area (Å²) in [6, 6.07) is 10.9. The molecular formula is C26H31N3O5. The monoisotopic (exact) mass is 465 g/mol. The molecule has 0 radical (unpaired) electrons. The molecule has 0 spiro atoms. The van der Waals surface area contributed by atoms with E-state index in [9.17, 15) is 4.79 Å². The molecule has 2 aromatic rings. The molecule has 0 aromatic heterocycles. The van der Waals surface area contributed by atoms with Gasteiger partial charge in [-0.05, 0) is 61.1 Å². The van der Waals surface area contributed by atoms with Crippen LogP contribution >= 0.6 is 0 Å². The number of allylic oxidation sites excluding steroid dienone is 1. The van der Waals surface area contributed by atoms with Crippen molar-refractivity contribution in [1.29, 1.82) is 0 Å². The van der Waals surface area contributed by atoms with E-state index in [1.54, 1.807) is 44.8 Å². The van der Waals surface area contributed by atoms with Gasteiger partial charge in [-0.3, -0.25) is 5.32 Å². The van der Waals surface area contributed by atoms with Crippen LogP contribution in [0.2, 0.25) is 0 Å². The highest BCUT2D eigenvalue weighted by atomic mass is 16.5. The molecule has 34 heavy (non-hydrogen) atoms. The Labute approximate surface area is 200 Å². The maximum Gasteiger partial charge on any atom is 0.411 e. The Kier molecular flexibility index (Phi) is 7.25. The van der Waals surface area contributed by atoms with Crippen LogP contribution in [0.1, 0.15) is 38.0 Å². The van der Waals surface area contributed by atoms with Gasteiger partial charge in [-0.15, -0.1) is 0 Å². The summed E-state index contributed by atoms with van der Waals surface area (Å²) in [5.74, 6) is 2.57. The molecule has 8 nitrogen and oxygen atoms in total. The average molecular weight is 466 g/mol. The number of hydrogen-bond acceptors (Lipinski definition) is 7. The molecule has 2 atom stereocenters. The molecular weight excluding hydrogens is 434 g/mol. The van der Waals surface area contributed by atoms with Crippen LogP contribution < -0.4 is 19.5 Å². The van der Waals surface area contributed by atoms with Gasteiger partial charge in [-0.2, -0.15) is 0 Å². The predicted molar refractivity (Wildman–Crippen MR) is 131 cm³/mol. The number of fused-ring (bicyclic) bond motifs is 1. The number of amides is 1. The molecule has 0 bridgehead atoms. The van der Waals surface area contributed by atoms with Gasteiger partial charge >= 0.3 is 6.09 Å². The number of rotatable bonds is 7. The van der Waals surface area contributed by atoms with E-state index in [0.29, 0.717) is 35.5 Å². The molecule has 4 rings (SSSR count). The van der Waals surface area contributed by atoms with Gasteiger partial charge in [0, 0.05) is 24.4 Å². The molecule has 1 heterocycles. The summed E-state index contributed by atoms with van der Waals surface area (Å²) in [6.07, 6.45) is 6.22. The smallest absolute Gasteiger partial charge is 0.411 e. The summed E-state index contributed by atoms with van der Waals surface area (Å²) >= 11 is 0. The Morgan fingerprint density at radius 1 is 1.15 bits per heavy atom. The third-order valence-electron chi connectivity index (χ3n) is 6.05. The van der Waals surface area contributed by atoms with Crippen molar-refractivity contribution in [1.82, 2.24) is 4.90 Å². The number of benzene rings is 2. The van der Waals surface area contributed by atoms with Crippen LogP contribution in [0, 0.1) is 5.92 Å².